The summed E-state index contributed by atoms with van der Waals surface area (Å²) in [5.74, 6) is -1.96. The number of unbranched alkanes of at least 4 members (excludes halogenated alkanes) is 3. The predicted octanol–water partition coefficient (Wildman–Crippen LogP) is 8.66. The number of ketones is 2. The average Bonchev–Trinajstić information content (AvgIpc) is 0.751. The zero-order chi connectivity index (χ0) is 67.2. The molecule has 6 rings (SSSR count). The molecule has 3 heterocycles. The summed E-state index contributed by atoms with van der Waals surface area (Å²) in [5.41, 5.74) is 5.02. The first-order valence-corrected chi connectivity index (χ1v) is 37.8. The number of aromatic nitrogens is 1. The molecule has 22 nitrogen and oxygen atoms in total. The highest BCUT2D eigenvalue weighted by Crippen LogP contribution is 2.43. The quantitative estimate of drug-likeness (QED) is 0.00620. The van der Waals surface area contributed by atoms with Crippen LogP contribution in [0.2, 0.25) is 0 Å². The van der Waals surface area contributed by atoms with Crippen LogP contribution < -0.4 is 30.8 Å². The van der Waals surface area contributed by atoms with Crippen LogP contribution in [-0.2, 0) is 43.5 Å². The van der Waals surface area contributed by atoms with Crippen LogP contribution in [0.25, 0.3) is 33.4 Å². The topological polar surface area (TPSA) is 309 Å². The summed E-state index contributed by atoms with van der Waals surface area (Å²) in [6, 6.07) is 24.6. The lowest BCUT2D eigenvalue weighted by atomic mass is 9.90. The minimum Gasteiger partial charge on any atom is -0.748 e. The van der Waals surface area contributed by atoms with Gasteiger partial charge in [-0.2, -0.15) is 0 Å². The molecule has 0 radical (unpaired) electrons. The zero-order valence-electron chi connectivity index (χ0n) is 54.0. The highest BCUT2D eigenvalue weighted by Gasteiger charge is 2.30. The van der Waals surface area contributed by atoms with Gasteiger partial charge in [0.05, 0.1) is 28.1 Å². The number of hydrogen-bond acceptors (Lipinski definition) is 16. The lowest BCUT2D eigenvalue weighted by Crippen LogP contribution is -2.50. The van der Waals surface area contributed by atoms with Crippen molar-refractivity contribution in [3.05, 3.63) is 96.0 Å². The number of Topliss-reactive ketones (excluding diaryl/α,β-unsaturated/α-hetero) is 2. The Hall–Kier alpha value is -6.47. The van der Waals surface area contributed by atoms with Crippen molar-refractivity contribution in [3.63, 3.8) is 0 Å². The maximum absolute atomic E-state index is 14.4. The smallest absolute Gasteiger partial charge is 0.325 e. The molecule has 0 bridgehead atoms. The fourth-order valence-electron chi connectivity index (χ4n) is 10.8. The molecule has 1 saturated heterocycles. The highest BCUT2D eigenvalue weighted by molar-refractivity contribution is 8.76. The monoisotopic (exact) mass is 1350 g/mol. The average molecular weight is 1350 g/mol. The fraction of sp³-hybridized carbons (Fsp3) is 0.530. The number of fused-ring (bicyclic) bond motifs is 2. The third-order valence-corrected chi connectivity index (χ3v) is 19.6. The minimum atomic E-state index is -4.72. The molecule has 1 aliphatic carbocycles. The molecule has 0 spiro atoms. The number of nitrogens with one attached hydrogen (secondary N) is 3. The van der Waals surface area contributed by atoms with Crippen molar-refractivity contribution in [1.29, 1.82) is 0 Å². The van der Waals surface area contributed by atoms with Crippen molar-refractivity contribution in [1.82, 2.24) is 35.3 Å². The van der Waals surface area contributed by atoms with Gasteiger partial charge in [0.15, 0.2) is 5.78 Å². The maximum atomic E-state index is 14.4. The highest BCUT2D eigenvalue weighted by atomic mass is 33.1. The van der Waals surface area contributed by atoms with Crippen LogP contribution in [0.3, 0.4) is 0 Å². The van der Waals surface area contributed by atoms with Crippen molar-refractivity contribution in [2.75, 3.05) is 88.0 Å². The lowest BCUT2D eigenvalue weighted by Gasteiger charge is -2.35. The van der Waals surface area contributed by atoms with Crippen LogP contribution in [-0.4, -0.2) is 168 Å². The Morgan fingerprint density at radius 1 is 0.750 bits per heavy atom. The molecule has 2 unspecified atom stereocenters. The van der Waals surface area contributed by atoms with Crippen LogP contribution in [0, 0.1) is 5.92 Å². The van der Waals surface area contributed by atoms with Crippen molar-refractivity contribution >= 4 is 97.1 Å². The normalized spacial score (nSPS) is 13.2. The van der Waals surface area contributed by atoms with Gasteiger partial charge in [0.1, 0.15) is 41.3 Å². The molecule has 5 amide bonds. The molecule has 92 heavy (non-hydrogen) atoms. The molecule has 5 N–H and O–H groups in total. The predicted molar refractivity (Wildman–Crippen MR) is 362 cm³/mol. The van der Waals surface area contributed by atoms with Crippen LogP contribution >= 0.6 is 29.2 Å². The number of pyridine rings is 1. The van der Waals surface area contributed by atoms with Crippen molar-refractivity contribution in [2.45, 2.75) is 143 Å². The summed E-state index contributed by atoms with van der Waals surface area (Å²) < 4.78 is 54.1. The maximum Gasteiger partial charge on any atom is 0.325 e. The second-order valence-corrected chi connectivity index (χ2v) is 28.2. The van der Waals surface area contributed by atoms with Gasteiger partial charge in [-0.25, -0.2) is 18.0 Å². The first-order chi connectivity index (χ1) is 44.0. The Balaban J connectivity index is 0.000000395. The van der Waals surface area contributed by atoms with Gasteiger partial charge in [0, 0.05) is 149 Å². The molecule has 0 saturated carbocycles. The Labute approximate surface area is 549 Å². The number of carbonyl (C=O) groups excluding carboxylic acids is 7. The molecule has 504 valence electrons. The third-order valence-electron chi connectivity index (χ3n) is 15.8. The largest absolute Gasteiger partial charge is 0.748 e. The molecule has 2 aliphatic heterocycles. The van der Waals surface area contributed by atoms with E-state index in [9.17, 15) is 51.1 Å². The van der Waals surface area contributed by atoms with Gasteiger partial charge >= 0.3 is 7.60 Å². The fourth-order valence-corrected chi connectivity index (χ4v) is 13.9. The van der Waals surface area contributed by atoms with E-state index in [4.69, 9.17) is 14.2 Å². The summed E-state index contributed by atoms with van der Waals surface area (Å²) in [6.45, 7) is 18.1. The standard InChI is InChI=1S/C45H59N5O8S.C21H34N3O6PS2/c1-6-11-18-39(51)38(31-59(55,56)57)46-42(52)19-14-15-20-43(53)49-25-27-50(28-26-49)45(54)35-17-13-12-16-34(35)44-36-23-21-32(47(7-2)8-3)29-40(36)58-41-30-33(22-24-37(41)44)48(9-4)10-5;1-2-7-18(25)16-17(10-14-31(28,29)30)21(27)24-12-5-3-8-19(26)22-13-15-32-33-20-9-4-6-11-23-20/h12-13,16-17,21-24,29-30,38H,6-11,14-15,18-20,25-28,31H2,1-5H3,(H-,46,52,55,56,57);4,6,9,11,17H,2-3,5,7-8,10,12-16H2,1H3,(H,22,26)(H,24,27)(H2,28,29,30). The molecular formula is C66H93N8O14PS3. The van der Waals surface area contributed by atoms with Gasteiger partial charge < -0.3 is 49.4 Å². The summed E-state index contributed by atoms with van der Waals surface area (Å²) in [7, 11) is -5.78. The summed E-state index contributed by atoms with van der Waals surface area (Å²) in [5, 5.41) is 10.9. The van der Waals surface area contributed by atoms with Gasteiger partial charge in [-0.1, -0.05) is 55.3 Å². The molecule has 1 aromatic heterocycles. The number of carbonyl (C=O) groups is 7. The van der Waals surface area contributed by atoms with Gasteiger partial charge in [-0.3, -0.25) is 38.1 Å². The van der Waals surface area contributed by atoms with Crippen molar-refractivity contribution in [3.8, 4) is 22.5 Å². The van der Waals surface area contributed by atoms with Gasteiger partial charge in [-0.05, 0) is 125 Å². The Kier molecular flexibility index (Phi) is 32.6. The molecule has 1 fully saturated rings. The van der Waals surface area contributed by atoms with E-state index in [1.54, 1.807) is 37.6 Å². The molecule has 2 aromatic carbocycles. The first-order valence-electron chi connectivity index (χ1n) is 32.1. The molecule has 3 aliphatic rings. The molecule has 2 atom stereocenters. The van der Waals surface area contributed by atoms with Crippen LogP contribution in [0.5, 0.6) is 0 Å². The van der Waals surface area contributed by atoms with E-state index < -0.39 is 53.3 Å². The Bertz CT molecular complexity index is 3440. The van der Waals surface area contributed by atoms with E-state index >= 15 is 0 Å². The van der Waals surface area contributed by atoms with Crippen molar-refractivity contribution < 1.29 is 65.3 Å². The Morgan fingerprint density at radius 3 is 2.10 bits per heavy atom. The van der Waals surface area contributed by atoms with Crippen LogP contribution in [0.1, 0.15) is 142 Å². The lowest BCUT2D eigenvalue weighted by molar-refractivity contribution is -0.133. The van der Waals surface area contributed by atoms with Crippen molar-refractivity contribution in [2.24, 2.45) is 5.92 Å². The third kappa shape index (κ3) is 25.4. The summed E-state index contributed by atoms with van der Waals surface area (Å²) in [4.78, 5) is 117. The van der Waals surface area contributed by atoms with Gasteiger partial charge in [0.2, 0.25) is 29.0 Å². The first kappa shape index (κ1) is 76.2. The van der Waals surface area contributed by atoms with Crippen LogP contribution in [0.15, 0.2) is 94.5 Å². The minimum absolute atomic E-state index is 0.0142. The summed E-state index contributed by atoms with van der Waals surface area (Å²) >= 11 is 0. The van der Waals surface area contributed by atoms with E-state index in [1.165, 1.54) is 0 Å². The molecule has 26 heteroatoms. The summed E-state index contributed by atoms with van der Waals surface area (Å²) in [6.07, 6.45) is 6.06. The molecular weight excluding hydrogens is 1260 g/mol. The van der Waals surface area contributed by atoms with Gasteiger partial charge in [0.25, 0.3) is 5.91 Å². The number of benzene rings is 3. The number of piperazine rings is 1. The number of rotatable bonds is 37. The van der Waals surface area contributed by atoms with E-state index in [2.05, 4.69) is 94.5 Å². The number of nitrogens with zero attached hydrogens (tertiary/aromatic N) is 5. The van der Waals surface area contributed by atoms with E-state index in [1.807, 2.05) is 56.3 Å². The van der Waals surface area contributed by atoms with Gasteiger partial charge in [-0.15, -0.1) is 0 Å². The second-order valence-electron chi connectivity index (χ2n) is 22.6. The van der Waals surface area contributed by atoms with E-state index in [-0.39, 0.29) is 61.5 Å². The zero-order valence-corrected chi connectivity index (χ0v) is 57.4. The SMILES string of the molecule is CCCC(=O)CC(CCP(=O)(O)O)C(=O)NCCCCC(=O)NCCSSc1ccccn1.CCCCC(=O)C(CS(=O)(=O)[O-])NC(=O)CCCCC(=O)N1CCN(C(=O)c2ccccc2-c2c3ccc(=[N+](CC)CC)cc-3oc3cc(N(CC)CC)ccc23)CC1. The second kappa shape index (κ2) is 39.3. The van der Waals surface area contributed by atoms with E-state index in [0.29, 0.717) is 103 Å². The number of anilines is 1. The Morgan fingerprint density at radius 2 is 1.43 bits per heavy atom. The van der Waals surface area contributed by atoms with E-state index in [0.717, 1.165) is 81.4 Å². The number of hydrogen-bond donors (Lipinski definition) is 5. The van der Waals surface area contributed by atoms with Crippen LogP contribution in [0.4, 0.5) is 5.69 Å². The molecule has 3 aromatic rings. The number of amides is 5.